The second-order valence-electron chi connectivity index (χ2n) is 4.79. The van der Waals surface area contributed by atoms with Gasteiger partial charge in [-0.3, -0.25) is 0 Å². The van der Waals surface area contributed by atoms with Crippen molar-refractivity contribution in [3.8, 4) is 0 Å². The van der Waals surface area contributed by atoms with Crippen LogP contribution in [0.15, 0.2) is 24.3 Å². The summed E-state index contributed by atoms with van der Waals surface area (Å²) in [7, 11) is 0. The van der Waals surface area contributed by atoms with Crippen LogP contribution in [-0.2, 0) is 6.54 Å². The van der Waals surface area contributed by atoms with Crippen LogP contribution in [0.2, 0.25) is 0 Å². The smallest absolute Gasteiger partial charge is 0.177 e. The van der Waals surface area contributed by atoms with Gasteiger partial charge in [0.25, 0.3) is 0 Å². The van der Waals surface area contributed by atoms with Gasteiger partial charge in [0, 0.05) is 11.5 Å². The van der Waals surface area contributed by atoms with E-state index in [4.69, 9.17) is 0 Å². The Labute approximate surface area is 110 Å². The standard InChI is InChI=1S/C13H16FN5/c14-12-4-2-1-3-11(12)9-19-17-13(16-18-19)10-5-7-15-8-6-10/h1-4,10,15H,5-9H2. The molecule has 5 nitrogen and oxygen atoms in total. The minimum absolute atomic E-state index is 0.233. The van der Waals surface area contributed by atoms with Crippen molar-refractivity contribution in [3.63, 3.8) is 0 Å². The highest BCUT2D eigenvalue weighted by atomic mass is 19.1. The van der Waals surface area contributed by atoms with Crippen molar-refractivity contribution in [1.82, 2.24) is 25.5 Å². The third kappa shape index (κ3) is 2.78. The van der Waals surface area contributed by atoms with E-state index in [1.165, 1.54) is 10.9 Å². The molecule has 1 fully saturated rings. The molecule has 3 rings (SSSR count). The summed E-state index contributed by atoms with van der Waals surface area (Å²) in [5.74, 6) is 0.914. The van der Waals surface area contributed by atoms with Crippen molar-refractivity contribution >= 4 is 0 Å². The van der Waals surface area contributed by atoms with Gasteiger partial charge in [0.15, 0.2) is 5.82 Å². The van der Waals surface area contributed by atoms with Crippen LogP contribution < -0.4 is 5.32 Å². The van der Waals surface area contributed by atoms with Crippen LogP contribution in [0.1, 0.15) is 30.1 Å². The van der Waals surface area contributed by atoms with Gasteiger partial charge in [0.1, 0.15) is 5.82 Å². The number of aromatic nitrogens is 4. The van der Waals surface area contributed by atoms with Crippen LogP contribution >= 0.6 is 0 Å². The van der Waals surface area contributed by atoms with Gasteiger partial charge in [0.05, 0.1) is 6.54 Å². The average molecular weight is 261 g/mol. The molecule has 0 aliphatic carbocycles. The molecule has 0 spiro atoms. The molecule has 1 saturated heterocycles. The summed E-state index contributed by atoms with van der Waals surface area (Å²) in [5.41, 5.74) is 0.580. The fraction of sp³-hybridized carbons (Fsp3) is 0.462. The number of piperidine rings is 1. The summed E-state index contributed by atoms with van der Waals surface area (Å²) < 4.78 is 13.5. The van der Waals surface area contributed by atoms with Crippen LogP contribution in [-0.4, -0.2) is 33.3 Å². The van der Waals surface area contributed by atoms with Crippen molar-refractivity contribution in [1.29, 1.82) is 0 Å². The van der Waals surface area contributed by atoms with Crippen LogP contribution in [0.5, 0.6) is 0 Å². The maximum Gasteiger partial charge on any atom is 0.177 e. The van der Waals surface area contributed by atoms with E-state index in [2.05, 4.69) is 20.7 Å². The number of benzene rings is 1. The quantitative estimate of drug-likeness (QED) is 0.905. The van der Waals surface area contributed by atoms with E-state index in [0.29, 0.717) is 18.0 Å². The van der Waals surface area contributed by atoms with E-state index in [1.54, 1.807) is 12.1 Å². The van der Waals surface area contributed by atoms with Crippen molar-refractivity contribution < 1.29 is 4.39 Å². The zero-order valence-electron chi connectivity index (χ0n) is 10.6. The summed E-state index contributed by atoms with van der Waals surface area (Å²) in [6, 6.07) is 6.67. The normalized spacial score (nSPS) is 16.7. The highest BCUT2D eigenvalue weighted by Gasteiger charge is 2.20. The summed E-state index contributed by atoms with van der Waals surface area (Å²) in [5, 5.41) is 15.8. The largest absolute Gasteiger partial charge is 0.317 e. The first kappa shape index (κ1) is 12.2. The molecule has 2 aromatic rings. The zero-order chi connectivity index (χ0) is 13.1. The molecule has 100 valence electrons. The molecular formula is C13H16FN5. The first-order valence-corrected chi connectivity index (χ1v) is 6.55. The SMILES string of the molecule is Fc1ccccc1Cn1nnc(C2CCNCC2)n1. The minimum atomic E-state index is -0.233. The fourth-order valence-corrected chi connectivity index (χ4v) is 2.35. The van der Waals surface area contributed by atoms with Gasteiger partial charge in [-0.25, -0.2) is 4.39 Å². The number of hydrogen-bond acceptors (Lipinski definition) is 4. The van der Waals surface area contributed by atoms with Gasteiger partial charge in [0.2, 0.25) is 0 Å². The Morgan fingerprint density at radius 1 is 1.26 bits per heavy atom. The number of nitrogens with zero attached hydrogens (tertiary/aromatic N) is 4. The third-order valence-electron chi connectivity index (χ3n) is 3.44. The van der Waals surface area contributed by atoms with E-state index in [9.17, 15) is 4.39 Å². The van der Waals surface area contributed by atoms with Gasteiger partial charge < -0.3 is 5.32 Å². The van der Waals surface area contributed by atoms with Crippen LogP contribution in [0.3, 0.4) is 0 Å². The number of rotatable bonds is 3. The summed E-state index contributed by atoms with van der Waals surface area (Å²) in [6.45, 7) is 2.31. The van der Waals surface area contributed by atoms with Crippen molar-refractivity contribution in [2.45, 2.75) is 25.3 Å². The van der Waals surface area contributed by atoms with E-state index >= 15 is 0 Å². The Morgan fingerprint density at radius 3 is 2.84 bits per heavy atom. The van der Waals surface area contributed by atoms with Gasteiger partial charge in [-0.1, -0.05) is 18.2 Å². The van der Waals surface area contributed by atoms with Crippen molar-refractivity contribution in [3.05, 3.63) is 41.5 Å². The number of hydrogen-bond donors (Lipinski definition) is 1. The van der Waals surface area contributed by atoms with E-state index in [-0.39, 0.29) is 5.82 Å². The van der Waals surface area contributed by atoms with E-state index in [1.807, 2.05) is 6.07 Å². The molecule has 0 amide bonds. The molecule has 0 atom stereocenters. The van der Waals surface area contributed by atoms with Gasteiger partial charge in [-0.05, 0) is 37.2 Å². The molecule has 2 heterocycles. The van der Waals surface area contributed by atoms with Crippen molar-refractivity contribution in [2.75, 3.05) is 13.1 Å². The lowest BCUT2D eigenvalue weighted by Crippen LogP contribution is -2.27. The van der Waals surface area contributed by atoms with Gasteiger partial charge in [-0.15, -0.1) is 10.2 Å². The fourth-order valence-electron chi connectivity index (χ4n) is 2.35. The zero-order valence-corrected chi connectivity index (χ0v) is 10.6. The molecule has 1 aromatic carbocycles. The van der Waals surface area contributed by atoms with E-state index < -0.39 is 0 Å². The molecule has 6 heteroatoms. The highest BCUT2D eigenvalue weighted by molar-refractivity contribution is 5.17. The lowest BCUT2D eigenvalue weighted by atomic mass is 9.98. The number of tetrazole rings is 1. The Hall–Kier alpha value is -1.82. The molecular weight excluding hydrogens is 245 g/mol. The van der Waals surface area contributed by atoms with Crippen molar-refractivity contribution in [2.24, 2.45) is 0 Å². The highest BCUT2D eigenvalue weighted by Crippen LogP contribution is 2.21. The Kier molecular flexibility index (Phi) is 3.50. The third-order valence-corrected chi connectivity index (χ3v) is 3.44. The first-order valence-electron chi connectivity index (χ1n) is 6.55. The maximum absolute atomic E-state index is 13.5. The molecule has 0 saturated carbocycles. The molecule has 0 unspecified atom stereocenters. The summed E-state index contributed by atoms with van der Waals surface area (Å²) in [4.78, 5) is 1.47. The predicted octanol–water partition coefficient (Wildman–Crippen LogP) is 1.33. The Morgan fingerprint density at radius 2 is 2.05 bits per heavy atom. The molecule has 1 N–H and O–H groups in total. The predicted molar refractivity (Wildman–Crippen MR) is 68.2 cm³/mol. The second kappa shape index (κ2) is 5.44. The van der Waals surface area contributed by atoms with Gasteiger partial charge >= 0.3 is 0 Å². The molecule has 0 bridgehead atoms. The average Bonchev–Trinajstić information content (AvgIpc) is 2.91. The molecule has 1 aliphatic rings. The molecule has 19 heavy (non-hydrogen) atoms. The van der Waals surface area contributed by atoms with Crippen LogP contribution in [0, 0.1) is 5.82 Å². The Balaban J connectivity index is 1.73. The lowest BCUT2D eigenvalue weighted by Gasteiger charge is -2.19. The molecule has 1 aromatic heterocycles. The molecule has 1 aliphatic heterocycles. The topological polar surface area (TPSA) is 55.6 Å². The monoisotopic (exact) mass is 261 g/mol. The lowest BCUT2D eigenvalue weighted by molar-refractivity contribution is 0.442. The maximum atomic E-state index is 13.5. The van der Waals surface area contributed by atoms with E-state index in [0.717, 1.165) is 31.8 Å². The first-order chi connectivity index (χ1) is 9.33. The van der Waals surface area contributed by atoms with Gasteiger partial charge in [-0.2, -0.15) is 4.80 Å². The van der Waals surface area contributed by atoms with Crippen LogP contribution in [0.4, 0.5) is 4.39 Å². The number of halogens is 1. The summed E-state index contributed by atoms with van der Waals surface area (Å²) >= 11 is 0. The summed E-state index contributed by atoms with van der Waals surface area (Å²) in [6.07, 6.45) is 2.07. The minimum Gasteiger partial charge on any atom is -0.317 e. The Bertz CT molecular complexity index is 547. The molecule has 0 radical (unpaired) electrons. The second-order valence-corrected chi connectivity index (χ2v) is 4.79. The number of nitrogens with one attached hydrogen (secondary N) is 1. The van der Waals surface area contributed by atoms with Crippen LogP contribution in [0.25, 0.3) is 0 Å².